The van der Waals surface area contributed by atoms with Crippen molar-refractivity contribution in [1.29, 1.82) is 5.26 Å². The summed E-state index contributed by atoms with van der Waals surface area (Å²) in [5.74, 6) is 0.452. The summed E-state index contributed by atoms with van der Waals surface area (Å²) in [6.45, 7) is -0.0557. The van der Waals surface area contributed by atoms with Crippen LogP contribution in [0.25, 0.3) is 0 Å². The molecule has 0 saturated heterocycles. The Morgan fingerprint density at radius 3 is 2.39 bits per heavy atom. The van der Waals surface area contributed by atoms with Crippen LogP contribution < -0.4 is 14.8 Å². The fraction of sp³-hybridized carbons (Fsp3) is 0.250. The van der Waals surface area contributed by atoms with Crippen molar-refractivity contribution in [3.8, 4) is 17.6 Å². The molecule has 0 heterocycles. The zero-order chi connectivity index (χ0) is 27.2. The van der Waals surface area contributed by atoms with Crippen molar-refractivity contribution in [3.05, 3.63) is 90.0 Å². The highest BCUT2D eigenvalue weighted by Gasteiger charge is 2.30. The molecule has 3 rings (SSSR count). The number of benzene rings is 3. The largest absolute Gasteiger partial charge is 0.491 e. The minimum Gasteiger partial charge on any atom is -0.491 e. The molecule has 10 heteroatoms. The molecular formula is C28H28N2O7S. The first-order valence-electron chi connectivity index (χ1n) is 11.8. The molecule has 0 aliphatic heterocycles. The van der Waals surface area contributed by atoms with Gasteiger partial charge in [-0.15, -0.1) is 0 Å². The van der Waals surface area contributed by atoms with E-state index in [9.17, 15) is 9.59 Å². The fourth-order valence-corrected chi connectivity index (χ4v) is 3.57. The molecular weight excluding hydrogens is 508 g/mol. The first-order chi connectivity index (χ1) is 18.5. The highest BCUT2D eigenvalue weighted by atomic mass is 32.1. The molecule has 3 aromatic carbocycles. The summed E-state index contributed by atoms with van der Waals surface area (Å²) in [5.41, 5.74) is 1.46. The molecule has 0 aliphatic rings. The van der Waals surface area contributed by atoms with E-state index in [0.717, 1.165) is 0 Å². The summed E-state index contributed by atoms with van der Waals surface area (Å²) in [7, 11) is 0. The van der Waals surface area contributed by atoms with Crippen LogP contribution >= 0.6 is 12.6 Å². The van der Waals surface area contributed by atoms with Crippen molar-refractivity contribution in [1.82, 2.24) is 0 Å². The summed E-state index contributed by atoms with van der Waals surface area (Å²) in [4.78, 5) is 24.7. The van der Waals surface area contributed by atoms with Gasteiger partial charge in [0.25, 0.3) is 0 Å². The van der Waals surface area contributed by atoms with Crippen LogP contribution in [0.2, 0.25) is 0 Å². The molecule has 3 aromatic rings. The standard InChI is InChI=1S/C28H28N2O7S/c29-18-20-9-11-22(12-10-20)30-28(33)37-27(21-5-4-8-24(17-21)34-16-14-31)25(13-15-35-26(32)19-38)36-23-6-2-1-3-7-23/h1-12,17,25,27,31,38H,13-16,19H2,(H,30,33)/t25-,27-/m1/s1. The third-order valence-electron chi connectivity index (χ3n) is 5.20. The van der Waals surface area contributed by atoms with E-state index in [1.807, 2.05) is 24.3 Å². The van der Waals surface area contributed by atoms with Gasteiger partial charge < -0.3 is 24.1 Å². The van der Waals surface area contributed by atoms with E-state index in [1.165, 1.54) is 0 Å². The average molecular weight is 537 g/mol. The molecule has 2 N–H and O–H groups in total. The minimum absolute atomic E-state index is 0.00863. The molecule has 38 heavy (non-hydrogen) atoms. The Balaban J connectivity index is 1.89. The van der Waals surface area contributed by atoms with E-state index in [0.29, 0.717) is 28.3 Å². The number of amides is 1. The molecule has 0 unspecified atom stereocenters. The van der Waals surface area contributed by atoms with E-state index in [1.54, 1.807) is 60.7 Å². The van der Waals surface area contributed by atoms with Gasteiger partial charge in [0, 0.05) is 12.1 Å². The number of anilines is 1. The van der Waals surface area contributed by atoms with Gasteiger partial charge in [0.05, 0.1) is 30.6 Å². The third kappa shape index (κ3) is 9.03. The van der Waals surface area contributed by atoms with Crippen LogP contribution in [0.1, 0.15) is 23.7 Å². The number of aliphatic hydroxyl groups excluding tert-OH is 1. The zero-order valence-corrected chi connectivity index (χ0v) is 21.4. The molecule has 2 atom stereocenters. The predicted molar refractivity (Wildman–Crippen MR) is 143 cm³/mol. The maximum Gasteiger partial charge on any atom is 0.412 e. The van der Waals surface area contributed by atoms with Crippen molar-refractivity contribution in [2.75, 3.05) is 30.9 Å². The summed E-state index contributed by atoms with van der Waals surface area (Å²) >= 11 is 3.93. The summed E-state index contributed by atoms with van der Waals surface area (Å²) in [6, 6.07) is 24.2. The average Bonchev–Trinajstić information content (AvgIpc) is 2.95. The molecule has 198 valence electrons. The summed E-state index contributed by atoms with van der Waals surface area (Å²) < 4.78 is 22.8. The Bertz CT molecular complexity index is 1220. The number of ether oxygens (including phenoxy) is 4. The number of nitrogens with zero attached hydrogens (tertiary/aromatic N) is 1. The van der Waals surface area contributed by atoms with Gasteiger partial charge in [-0.1, -0.05) is 30.3 Å². The molecule has 1 amide bonds. The number of carbonyl (C=O) groups is 2. The van der Waals surface area contributed by atoms with Crippen LogP contribution in [0.15, 0.2) is 78.9 Å². The number of hydrogen-bond donors (Lipinski definition) is 3. The number of carbonyl (C=O) groups excluding carboxylic acids is 2. The quantitative estimate of drug-likeness (QED) is 0.215. The van der Waals surface area contributed by atoms with Gasteiger partial charge >= 0.3 is 12.1 Å². The topological polar surface area (TPSA) is 127 Å². The van der Waals surface area contributed by atoms with E-state index < -0.39 is 24.3 Å². The molecule has 0 saturated carbocycles. The van der Waals surface area contributed by atoms with Crippen LogP contribution in [-0.4, -0.2) is 48.8 Å². The van der Waals surface area contributed by atoms with Crippen molar-refractivity contribution >= 4 is 30.4 Å². The lowest BCUT2D eigenvalue weighted by Gasteiger charge is -2.28. The Labute approximate surface area is 226 Å². The number of rotatable bonds is 13. The highest BCUT2D eigenvalue weighted by molar-refractivity contribution is 7.81. The van der Waals surface area contributed by atoms with Crippen LogP contribution in [0.3, 0.4) is 0 Å². The molecule has 0 aromatic heterocycles. The van der Waals surface area contributed by atoms with E-state index in [-0.39, 0.29) is 32.0 Å². The van der Waals surface area contributed by atoms with Crippen molar-refractivity contribution in [3.63, 3.8) is 0 Å². The second kappa shape index (κ2) is 15.1. The van der Waals surface area contributed by atoms with Gasteiger partial charge in [-0.05, 0) is 54.1 Å². The maximum atomic E-state index is 13.0. The number of para-hydroxylation sites is 1. The molecule has 0 aliphatic carbocycles. The van der Waals surface area contributed by atoms with E-state index in [2.05, 4.69) is 17.9 Å². The molecule has 0 bridgehead atoms. The monoisotopic (exact) mass is 536 g/mol. The Morgan fingerprint density at radius 1 is 0.974 bits per heavy atom. The fourth-order valence-electron chi connectivity index (χ4n) is 3.47. The number of thiol groups is 1. The van der Waals surface area contributed by atoms with Gasteiger partial charge in [0.1, 0.15) is 24.2 Å². The Hall–Kier alpha value is -4.20. The highest BCUT2D eigenvalue weighted by Crippen LogP contribution is 2.30. The first kappa shape index (κ1) is 28.4. The third-order valence-corrected chi connectivity index (χ3v) is 5.46. The molecule has 9 nitrogen and oxygen atoms in total. The van der Waals surface area contributed by atoms with Gasteiger partial charge in [0.15, 0.2) is 6.10 Å². The van der Waals surface area contributed by atoms with Crippen LogP contribution in [-0.2, 0) is 14.3 Å². The van der Waals surface area contributed by atoms with Crippen molar-refractivity contribution in [2.45, 2.75) is 18.6 Å². The second-order valence-electron chi connectivity index (χ2n) is 7.92. The second-order valence-corrected chi connectivity index (χ2v) is 8.24. The lowest BCUT2D eigenvalue weighted by molar-refractivity contribution is -0.141. The number of aliphatic hydroxyl groups is 1. The van der Waals surface area contributed by atoms with Gasteiger partial charge in [-0.3, -0.25) is 10.1 Å². The van der Waals surface area contributed by atoms with E-state index in [4.69, 9.17) is 29.3 Å². The summed E-state index contributed by atoms with van der Waals surface area (Å²) in [6.07, 6.45) is -2.26. The number of nitriles is 1. The maximum absolute atomic E-state index is 13.0. The predicted octanol–water partition coefficient (Wildman–Crippen LogP) is 4.53. The molecule has 0 spiro atoms. The minimum atomic E-state index is -0.944. The number of hydrogen-bond acceptors (Lipinski definition) is 9. The SMILES string of the molecule is N#Cc1ccc(NC(=O)O[C@H](c2cccc(OCCO)c2)[C@@H](CCOC(=O)CS)Oc2ccccc2)cc1. The zero-order valence-electron chi connectivity index (χ0n) is 20.5. The van der Waals surface area contributed by atoms with Crippen molar-refractivity contribution in [2.24, 2.45) is 0 Å². The van der Waals surface area contributed by atoms with Crippen LogP contribution in [0, 0.1) is 11.3 Å². The molecule has 0 radical (unpaired) electrons. The number of esters is 1. The normalized spacial score (nSPS) is 11.9. The summed E-state index contributed by atoms with van der Waals surface area (Å²) in [5, 5.41) is 20.8. The first-order valence-corrected chi connectivity index (χ1v) is 12.4. The van der Waals surface area contributed by atoms with Gasteiger partial charge in [-0.2, -0.15) is 17.9 Å². The lowest BCUT2D eigenvalue weighted by atomic mass is 10.0. The molecule has 0 fully saturated rings. The lowest BCUT2D eigenvalue weighted by Crippen LogP contribution is -2.32. The smallest absolute Gasteiger partial charge is 0.412 e. The van der Waals surface area contributed by atoms with Crippen LogP contribution in [0.4, 0.5) is 10.5 Å². The van der Waals surface area contributed by atoms with Crippen molar-refractivity contribution < 1.29 is 33.6 Å². The Morgan fingerprint density at radius 2 is 1.71 bits per heavy atom. The van der Waals surface area contributed by atoms with Crippen LogP contribution in [0.5, 0.6) is 11.5 Å². The van der Waals surface area contributed by atoms with Gasteiger partial charge in [-0.25, -0.2) is 4.79 Å². The van der Waals surface area contributed by atoms with Gasteiger partial charge in [0.2, 0.25) is 0 Å². The number of nitrogens with one attached hydrogen (secondary N) is 1. The van der Waals surface area contributed by atoms with E-state index >= 15 is 0 Å². The Kier molecular flexibility index (Phi) is 11.3.